The zero-order valence-corrected chi connectivity index (χ0v) is 25.9. The van der Waals surface area contributed by atoms with Crippen molar-refractivity contribution in [3.63, 3.8) is 0 Å². The number of fused-ring (bicyclic) bond motifs is 2. The number of carbonyl (C=O) groups is 1. The molecule has 0 saturated carbocycles. The standard InChI is InChI=1S/C34H35N5O5S/c1-43-34(40)26-7-8-30-31(18-26)39(20-28-12-16-44-28)32(36-30)21-38-14-10-24(11-15-38)29-3-2-4-33(37-29)45(41,42)22-23-5-6-27-19-35-13-9-25(27)17-23/h2-9,13,17-19,24,28H,10-12,14-16,20-22H2,1H3/t28-/m0/s1. The van der Waals surface area contributed by atoms with Gasteiger partial charge in [-0.15, -0.1) is 0 Å². The smallest absolute Gasteiger partial charge is 0.337 e. The SMILES string of the molecule is COC(=O)c1ccc2nc(CN3CCC(c4cccc(S(=O)(=O)Cc5ccc6cnccc6c5)n4)CC3)n(C[C@@H]3CCO3)c2c1. The number of ether oxygens (including phenoxy) is 2. The third-order valence-corrected chi connectivity index (χ3v) is 10.5. The largest absolute Gasteiger partial charge is 0.465 e. The highest BCUT2D eigenvalue weighted by molar-refractivity contribution is 7.90. The topological polar surface area (TPSA) is 117 Å². The van der Waals surface area contributed by atoms with Crippen LogP contribution in [-0.4, -0.2) is 71.7 Å². The number of carbonyl (C=O) groups excluding carboxylic acids is 1. The number of likely N-dealkylation sites (tertiary alicyclic amines) is 1. The number of nitrogens with zero attached hydrogens (tertiary/aromatic N) is 5. The van der Waals surface area contributed by atoms with Crippen LogP contribution >= 0.6 is 0 Å². The Bertz CT molecular complexity index is 1980. The molecule has 3 aromatic heterocycles. The molecule has 2 fully saturated rings. The highest BCUT2D eigenvalue weighted by Crippen LogP contribution is 2.30. The van der Waals surface area contributed by atoms with Crippen LogP contribution in [-0.2, 0) is 38.2 Å². The van der Waals surface area contributed by atoms with E-state index in [1.807, 2.05) is 42.5 Å². The molecule has 0 amide bonds. The molecule has 2 aliphatic rings. The van der Waals surface area contributed by atoms with Gasteiger partial charge in [0.15, 0.2) is 14.9 Å². The minimum absolute atomic E-state index is 0.103. The van der Waals surface area contributed by atoms with Gasteiger partial charge in [0.1, 0.15) is 5.82 Å². The van der Waals surface area contributed by atoms with E-state index in [1.165, 1.54) is 7.11 Å². The summed E-state index contributed by atoms with van der Waals surface area (Å²) in [7, 11) is -2.23. The van der Waals surface area contributed by atoms with Crippen molar-refractivity contribution >= 4 is 37.6 Å². The Labute approximate surface area is 261 Å². The second kappa shape index (κ2) is 12.3. The molecule has 0 radical (unpaired) electrons. The zero-order valence-electron chi connectivity index (χ0n) is 25.1. The molecule has 0 aliphatic carbocycles. The highest BCUT2D eigenvalue weighted by Gasteiger charge is 2.27. The number of benzene rings is 2. The summed E-state index contributed by atoms with van der Waals surface area (Å²) in [5.41, 5.74) is 3.80. The molecule has 2 aliphatic heterocycles. The Morgan fingerprint density at radius 2 is 1.84 bits per heavy atom. The molecule has 7 rings (SSSR count). The van der Waals surface area contributed by atoms with Crippen molar-refractivity contribution in [3.8, 4) is 0 Å². The molecule has 0 bridgehead atoms. The fraction of sp³-hybridized carbons (Fsp3) is 0.353. The van der Waals surface area contributed by atoms with E-state index < -0.39 is 9.84 Å². The average molecular weight is 626 g/mol. The van der Waals surface area contributed by atoms with E-state index in [9.17, 15) is 13.2 Å². The van der Waals surface area contributed by atoms with Gasteiger partial charge in [0.05, 0.1) is 48.7 Å². The van der Waals surface area contributed by atoms with Crippen molar-refractivity contribution in [2.45, 2.75) is 55.2 Å². The average Bonchev–Trinajstić information content (AvgIpc) is 3.38. The van der Waals surface area contributed by atoms with Crippen molar-refractivity contribution in [1.29, 1.82) is 0 Å². The quantitative estimate of drug-likeness (QED) is 0.211. The van der Waals surface area contributed by atoms with E-state index in [1.54, 1.807) is 30.6 Å². The van der Waals surface area contributed by atoms with Crippen molar-refractivity contribution in [1.82, 2.24) is 24.4 Å². The van der Waals surface area contributed by atoms with Gasteiger partial charge >= 0.3 is 5.97 Å². The van der Waals surface area contributed by atoms with Crippen LogP contribution in [0.3, 0.4) is 0 Å². The summed E-state index contributed by atoms with van der Waals surface area (Å²) in [6.45, 7) is 3.81. The van der Waals surface area contributed by atoms with Gasteiger partial charge in [-0.05, 0) is 79.7 Å². The summed E-state index contributed by atoms with van der Waals surface area (Å²) in [4.78, 5) is 28.3. The first-order valence-corrected chi connectivity index (χ1v) is 17.0. The van der Waals surface area contributed by atoms with Gasteiger partial charge in [-0.1, -0.05) is 24.3 Å². The number of methoxy groups -OCH3 is 1. The maximum Gasteiger partial charge on any atom is 0.337 e. The van der Waals surface area contributed by atoms with E-state index in [0.29, 0.717) is 18.7 Å². The molecule has 45 heavy (non-hydrogen) atoms. The second-order valence-corrected chi connectivity index (χ2v) is 13.8. The molecule has 1 atom stereocenters. The van der Waals surface area contributed by atoms with Crippen molar-refractivity contribution in [3.05, 3.63) is 95.7 Å². The highest BCUT2D eigenvalue weighted by atomic mass is 32.2. The van der Waals surface area contributed by atoms with Crippen LogP contribution in [0.1, 0.15) is 52.6 Å². The first-order chi connectivity index (χ1) is 21.9. The van der Waals surface area contributed by atoms with E-state index in [2.05, 4.69) is 19.4 Å². The van der Waals surface area contributed by atoms with Crippen LogP contribution < -0.4 is 0 Å². The molecule has 0 unspecified atom stereocenters. The molecular weight excluding hydrogens is 590 g/mol. The predicted molar refractivity (Wildman–Crippen MR) is 170 cm³/mol. The predicted octanol–water partition coefficient (Wildman–Crippen LogP) is 4.91. The molecule has 232 valence electrons. The Hall–Kier alpha value is -4.19. The summed E-state index contributed by atoms with van der Waals surface area (Å²) in [6, 6.07) is 18.4. The van der Waals surface area contributed by atoms with Gasteiger partial charge < -0.3 is 14.0 Å². The van der Waals surface area contributed by atoms with Crippen LogP contribution in [0.5, 0.6) is 0 Å². The lowest BCUT2D eigenvalue weighted by Gasteiger charge is -2.32. The van der Waals surface area contributed by atoms with Crippen molar-refractivity contribution in [2.24, 2.45) is 0 Å². The van der Waals surface area contributed by atoms with Gasteiger partial charge in [0, 0.05) is 36.0 Å². The molecule has 10 nitrogen and oxygen atoms in total. The molecule has 5 aromatic rings. The van der Waals surface area contributed by atoms with Gasteiger partial charge in [-0.2, -0.15) is 0 Å². The lowest BCUT2D eigenvalue weighted by Crippen LogP contribution is -2.35. The van der Waals surface area contributed by atoms with Crippen molar-refractivity contribution in [2.75, 3.05) is 26.8 Å². The molecular formula is C34H35N5O5S. The number of hydrogen-bond donors (Lipinski definition) is 0. The molecule has 2 saturated heterocycles. The maximum atomic E-state index is 13.4. The van der Waals surface area contributed by atoms with Crippen LogP contribution in [0.15, 0.2) is 78.1 Å². The van der Waals surface area contributed by atoms with E-state index >= 15 is 0 Å². The lowest BCUT2D eigenvalue weighted by molar-refractivity contribution is -0.0592. The van der Waals surface area contributed by atoms with E-state index in [4.69, 9.17) is 14.5 Å². The number of aromatic nitrogens is 4. The Balaban J connectivity index is 1.04. The minimum atomic E-state index is -3.62. The number of pyridine rings is 2. The number of sulfone groups is 1. The summed E-state index contributed by atoms with van der Waals surface area (Å²) in [5.74, 6) is 0.644. The Morgan fingerprint density at radius 1 is 1.00 bits per heavy atom. The lowest BCUT2D eigenvalue weighted by atomic mass is 9.93. The summed E-state index contributed by atoms with van der Waals surface area (Å²) in [6.07, 6.45) is 6.36. The summed E-state index contributed by atoms with van der Waals surface area (Å²) in [5, 5.41) is 2.06. The monoisotopic (exact) mass is 625 g/mol. The molecule has 2 aromatic carbocycles. The zero-order chi connectivity index (χ0) is 31.0. The third-order valence-electron chi connectivity index (χ3n) is 8.92. The van der Waals surface area contributed by atoms with Crippen LogP contribution in [0.25, 0.3) is 21.8 Å². The Kier molecular flexibility index (Phi) is 8.07. The van der Waals surface area contributed by atoms with Crippen molar-refractivity contribution < 1.29 is 22.7 Å². The number of hydrogen-bond acceptors (Lipinski definition) is 9. The minimum Gasteiger partial charge on any atom is -0.465 e. The first kappa shape index (κ1) is 29.5. The molecule has 0 spiro atoms. The first-order valence-electron chi connectivity index (χ1n) is 15.3. The molecule has 11 heteroatoms. The van der Waals surface area contributed by atoms with Gasteiger partial charge in [0.2, 0.25) is 0 Å². The number of imidazole rings is 1. The number of esters is 1. The van der Waals surface area contributed by atoms with E-state index in [-0.39, 0.29) is 28.8 Å². The normalized spacial score (nSPS) is 17.8. The number of rotatable bonds is 9. The fourth-order valence-electron chi connectivity index (χ4n) is 6.31. The fourth-order valence-corrected chi connectivity index (χ4v) is 7.60. The van der Waals surface area contributed by atoms with Crippen LogP contribution in [0.2, 0.25) is 0 Å². The van der Waals surface area contributed by atoms with Gasteiger partial charge in [-0.3, -0.25) is 9.88 Å². The maximum absolute atomic E-state index is 13.4. The van der Waals surface area contributed by atoms with Gasteiger partial charge in [0.25, 0.3) is 0 Å². The number of piperidine rings is 1. The second-order valence-electron chi connectivity index (χ2n) is 11.9. The van der Waals surface area contributed by atoms with Crippen LogP contribution in [0, 0.1) is 0 Å². The van der Waals surface area contributed by atoms with E-state index in [0.717, 1.165) is 77.8 Å². The van der Waals surface area contributed by atoms with Gasteiger partial charge in [-0.25, -0.2) is 23.2 Å². The summed E-state index contributed by atoms with van der Waals surface area (Å²) < 4.78 is 39.6. The summed E-state index contributed by atoms with van der Waals surface area (Å²) >= 11 is 0. The third kappa shape index (κ3) is 6.20. The van der Waals surface area contributed by atoms with Crippen LogP contribution in [0.4, 0.5) is 0 Å². The molecule has 5 heterocycles. The Morgan fingerprint density at radius 3 is 2.62 bits per heavy atom. The molecule has 0 N–H and O–H groups in total.